The van der Waals surface area contributed by atoms with Gasteiger partial charge >= 0.3 is 6.09 Å². The van der Waals surface area contributed by atoms with E-state index in [4.69, 9.17) is 4.74 Å². The number of nitrogens with one attached hydrogen (secondary N) is 1. The summed E-state index contributed by atoms with van der Waals surface area (Å²) in [6.07, 6.45) is 2.97. The Bertz CT molecular complexity index is 523. The molecule has 0 radical (unpaired) electrons. The zero-order chi connectivity index (χ0) is 17.0. The van der Waals surface area contributed by atoms with Gasteiger partial charge in [-0.2, -0.15) is 0 Å². The summed E-state index contributed by atoms with van der Waals surface area (Å²) >= 11 is 5.25. The molecule has 1 amide bonds. The van der Waals surface area contributed by atoms with E-state index in [1.807, 2.05) is 25.7 Å². The number of ether oxygens (including phenoxy) is 1. The van der Waals surface area contributed by atoms with Crippen molar-refractivity contribution in [1.29, 1.82) is 0 Å². The summed E-state index contributed by atoms with van der Waals surface area (Å²) < 4.78 is 6.67. The molecule has 0 spiro atoms. The van der Waals surface area contributed by atoms with Crippen molar-refractivity contribution < 1.29 is 9.53 Å². The summed E-state index contributed by atoms with van der Waals surface area (Å²) in [5.74, 6) is 0. The fraction of sp³-hybridized carbons (Fsp3) is 0.706. The summed E-state index contributed by atoms with van der Waals surface area (Å²) in [6.45, 7) is 9.57. The van der Waals surface area contributed by atoms with Gasteiger partial charge in [-0.25, -0.2) is 4.79 Å². The van der Waals surface area contributed by atoms with Crippen LogP contribution in [0.4, 0.5) is 4.79 Å². The van der Waals surface area contributed by atoms with Gasteiger partial charge in [0.15, 0.2) is 0 Å². The normalized spacial score (nSPS) is 16.2. The lowest BCUT2D eigenvalue weighted by atomic mass is 10.2. The number of nitrogens with zero attached hydrogens (tertiary/aromatic N) is 1. The van der Waals surface area contributed by atoms with Crippen LogP contribution in [0.3, 0.4) is 0 Å². The molecule has 0 saturated heterocycles. The minimum atomic E-state index is -0.427. The van der Waals surface area contributed by atoms with E-state index in [0.29, 0.717) is 12.1 Å². The molecule has 1 atom stereocenters. The molecule has 1 aliphatic rings. The average Bonchev–Trinajstić information content (AvgIpc) is 3.17. The smallest absolute Gasteiger partial charge is 0.410 e. The summed E-state index contributed by atoms with van der Waals surface area (Å²) in [4.78, 5) is 15.5. The minimum Gasteiger partial charge on any atom is -0.444 e. The van der Waals surface area contributed by atoms with Gasteiger partial charge in [-0.05, 0) is 81.6 Å². The molecule has 6 heteroatoms. The van der Waals surface area contributed by atoms with Crippen LogP contribution in [0.25, 0.3) is 0 Å². The molecular formula is C17H27BrN2O2S. The summed E-state index contributed by atoms with van der Waals surface area (Å²) in [6, 6.07) is 4.94. The van der Waals surface area contributed by atoms with E-state index >= 15 is 0 Å². The third-order valence-electron chi connectivity index (χ3n) is 3.66. The van der Waals surface area contributed by atoms with Gasteiger partial charge in [0.05, 0.1) is 3.79 Å². The predicted octanol–water partition coefficient (Wildman–Crippen LogP) is 4.95. The van der Waals surface area contributed by atoms with Crippen LogP contribution in [0.1, 0.15) is 57.9 Å². The number of halogens is 1. The molecule has 23 heavy (non-hydrogen) atoms. The van der Waals surface area contributed by atoms with Gasteiger partial charge in [0, 0.05) is 23.5 Å². The first-order valence-corrected chi connectivity index (χ1v) is 9.85. The molecule has 130 valence electrons. The van der Waals surface area contributed by atoms with E-state index in [9.17, 15) is 4.79 Å². The third-order valence-corrected chi connectivity index (χ3v) is 5.47. The number of carbonyl (C=O) groups is 1. The van der Waals surface area contributed by atoms with Gasteiger partial charge in [0.2, 0.25) is 0 Å². The molecular weight excluding hydrogens is 376 g/mol. The lowest BCUT2D eigenvalue weighted by Crippen LogP contribution is -2.39. The first-order chi connectivity index (χ1) is 10.8. The molecule has 1 heterocycles. The highest BCUT2D eigenvalue weighted by Gasteiger charge is 2.34. The van der Waals surface area contributed by atoms with Gasteiger partial charge in [0.1, 0.15) is 5.60 Å². The van der Waals surface area contributed by atoms with E-state index < -0.39 is 5.60 Å². The molecule has 1 fully saturated rings. The van der Waals surface area contributed by atoms with Crippen LogP contribution in [-0.4, -0.2) is 35.7 Å². The van der Waals surface area contributed by atoms with Crippen LogP contribution in [0.2, 0.25) is 0 Å². The molecule has 1 unspecified atom stereocenters. The highest BCUT2D eigenvalue weighted by Crippen LogP contribution is 2.29. The first-order valence-electron chi connectivity index (χ1n) is 8.24. The van der Waals surface area contributed by atoms with E-state index in [0.717, 1.165) is 36.1 Å². The van der Waals surface area contributed by atoms with Crippen LogP contribution in [0.5, 0.6) is 0 Å². The molecule has 0 bridgehead atoms. The highest BCUT2D eigenvalue weighted by molar-refractivity contribution is 9.11. The quantitative estimate of drug-likeness (QED) is 0.655. The van der Waals surface area contributed by atoms with Crippen molar-refractivity contribution in [2.75, 3.05) is 13.1 Å². The van der Waals surface area contributed by atoms with Crippen molar-refractivity contribution in [2.24, 2.45) is 0 Å². The lowest BCUT2D eigenvalue weighted by molar-refractivity contribution is 0.0232. The average molecular weight is 403 g/mol. The van der Waals surface area contributed by atoms with Crippen LogP contribution >= 0.6 is 27.3 Å². The first kappa shape index (κ1) is 18.7. The molecule has 1 N–H and O–H groups in total. The largest absolute Gasteiger partial charge is 0.444 e. The summed E-state index contributed by atoms with van der Waals surface area (Å²) in [5.41, 5.74) is -0.427. The van der Waals surface area contributed by atoms with Gasteiger partial charge in [-0.15, -0.1) is 11.3 Å². The fourth-order valence-corrected chi connectivity index (χ4v) is 3.81. The molecule has 1 aromatic rings. The van der Waals surface area contributed by atoms with Crippen LogP contribution in [-0.2, 0) is 4.74 Å². The SMILES string of the molecule is CC(NCCCN(C(=O)OC(C)(C)C)C1CC1)c1ccc(Br)s1. The van der Waals surface area contributed by atoms with Gasteiger partial charge < -0.3 is 15.0 Å². The summed E-state index contributed by atoms with van der Waals surface area (Å²) in [5, 5.41) is 3.52. The minimum absolute atomic E-state index is 0.171. The zero-order valence-electron chi connectivity index (χ0n) is 14.4. The molecule has 1 aromatic heterocycles. The third kappa shape index (κ3) is 6.43. The maximum atomic E-state index is 12.3. The monoisotopic (exact) mass is 402 g/mol. The summed E-state index contributed by atoms with van der Waals surface area (Å²) in [7, 11) is 0. The van der Waals surface area contributed by atoms with E-state index in [1.54, 1.807) is 11.3 Å². The van der Waals surface area contributed by atoms with Crippen molar-refractivity contribution in [1.82, 2.24) is 10.2 Å². The van der Waals surface area contributed by atoms with Crippen LogP contribution in [0.15, 0.2) is 15.9 Å². The second-order valence-electron chi connectivity index (χ2n) is 7.08. The zero-order valence-corrected chi connectivity index (χ0v) is 16.8. The fourth-order valence-electron chi connectivity index (χ4n) is 2.36. The van der Waals surface area contributed by atoms with Gasteiger partial charge in [-0.3, -0.25) is 0 Å². The van der Waals surface area contributed by atoms with Crippen LogP contribution < -0.4 is 5.32 Å². The molecule has 4 nitrogen and oxygen atoms in total. The van der Waals surface area contributed by atoms with Crippen molar-refractivity contribution in [2.45, 2.75) is 64.6 Å². The Kier molecular flexibility index (Phi) is 6.51. The molecule has 1 aliphatic carbocycles. The number of hydrogen-bond donors (Lipinski definition) is 1. The van der Waals surface area contributed by atoms with Crippen molar-refractivity contribution in [3.8, 4) is 0 Å². The number of amides is 1. The molecule has 2 rings (SSSR count). The van der Waals surface area contributed by atoms with Crippen LogP contribution in [0, 0.1) is 0 Å². The van der Waals surface area contributed by atoms with Crippen molar-refractivity contribution >= 4 is 33.4 Å². The number of thiophene rings is 1. The Hall–Kier alpha value is -0.590. The Labute approximate surface area is 151 Å². The lowest BCUT2D eigenvalue weighted by Gasteiger charge is -2.27. The van der Waals surface area contributed by atoms with E-state index in [-0.39, 0.29) is 6.09 Å². The maximum absolute atomic E-state index is 12.3. The molecule has 0 aromatic carbocycles. The Morgan fingerprint density at radius 2 is 2.17 bits per heavy atom. The van der Waals surface area contributed by atoms with E-state index in [2.05, 4.69) is 40.3 Å². The van der Waals surface area contributed by atoms with Crippen molar-refractivity contribution in [3.05, 3.63) is 20.8 Å². The van der Waals surface area contributed by atoms with Crippen molar-refractivity contribution in [3.63, 3.8) is 0 Å². The Morgan fingerprint density at radius 3 is 2.70 bits per heavy atom. The Morgan fingerprint density at radius 1 is 1.48 bits per heavy atom. The second kappa shape index (κ2) is 7.99. The number of rotatable bonds is 7. The molecule has 0 aliphatic heterocycles. The topological polar surface area (TPSA) is 41.6 Å². The van der Waals surface area contributed by atoms with Gasteiger partial charge in [0.25, 0.3) is 0 Å². The second-order valence-corrected chi connectivity index (χ2v) is 9.57. The predicted molar refractivity (Wildman–Crippen MR) is 99.0 cm³/mol. The standard InChI is InChI=1S/C17H27BrN2O2S/c1-12(14-8-9-15(18)23-14)19-10-5-11-20(13-6-7-13)16(21)22-17(2,3)4/h8-9,12-13,19H,5-7,10-11H2,1-4H3. The maximum Gasteiger partial charge on any atom is 0.410 e. The molecule has 1 saturated carbocycles. The highest BCUT2D eigenvalue weighted by atomic mass is 79.9. The number of carbonyl (C=O) groups excluding carboxylic acids is 1. The van der Waals surface area contributed by atoms with Gasteiger partial charge in [-0.1, -0.05) is 0 Å². The number of hydrogen-bond acceptors (Lipinski definition) is 4. The Balaban J connectivity index is 1.73. The van der Waals surface area contributed by atoms with E-state index in [1.165, 1.54) is 4.88 Å².